The van der Waals surface area contributed by atoms with Crippen LogP contribution in [0.15, 0.2) is 0 Å². The van der Waals surface area contributed by atoms with Crippen LogP contribution in [0.2, 0.25) is 0 Å². The largest absolute Gasteiger partial charge is 0.388 e. The van der Waals surface area contributed by atoms with Gasteiger partial charge in [0.05, 0.1) is 5.60 Å². The van der Waals surface area contributed by atoms with Crippen LogP contribution in [0, 0.1) is 11.8 Å². The Hall–Kier alpha value is -1.10. The molecule has 1 heterocycles. The fourth-order valence-electron chi connectivity index (χ4n) is 3.21. The Bertz CT molecular complexity index is 402. The molecule has 5 nitrogen and oxygen atoms in total. The summed E-state index contributed by atoms with van der Waals surface area (Å²) in [5, 5.41) is 13.1. The number of nitrogens with one attached hydrogen (secondary N) is 1. The van der Waals surface area contributed by atoms with Crippen molar-refractivity contribution in [2.45, 2.75) is 64.5 Å². The summed E-state index contributed by atoms with van der Waals surface area (Å²) in [5.41, 5.74) is -0.895. The zero-order chi connectivity index (χ0) is 15.6. The molecule has 2 N–H and O–H groups in total. The summed E-state index contributed by atoms with van der Waals surface area (Å²) in [5.74, 6) is 0.547. The van der Waals surface area contributed by atoms with E-state index in [0.29, 0.717) is 18.9 Å². The van der Waals surface area contributed by atoms with E-state index in [0.717, 1.165) is 25.7 Å². The van der Waals surface area contributed by atoms with Crippen molar-refractivity contribution in [3.63, 3.8) is 0 Å². The van der Waals surface area contributed by atoms with Gasteiger partial charge in [-0.2, -0.15) is 0 Å². The van der Waals surface area contributed by atoms with Crippen molar-refractivity contribution in [3.8, 4) is 0 Å². The Morgan fingerprint density at radius 3 is 2.57 bits per heavy atom. The van der Waals surface area contributed by atoms with Crippen molar-refractivity contribution >= 4 is 11.8 Å². The lowest BCUT2D eigenvalue weighted by molar-refractivity contribution is -0.139. The highest BCUT2D eigenvalue weighted by atomic mass is 16.3. The maximum Gasteiger partial charge on any atom is 0.242 e. The normalized spacial score (nSPS) is 25.0. The minimum Gasteiger partial charge on any atom is -0.388 e. The maximum atomic E-state index is 12.3. The first-order valence-corrected chi connectivity index (χ1v) is 8.11. The van der Waals surface area contributed by atoms with Gasteiger partial charge in [0.15, 0.2) is 0 Å². The summed E-state index contributed by atoms with van der Waals surface area (Å²) >= 11 is 0. The summed E-state index contributed by atoms with van der Waals surface area (Å²) in [4.78, 5) is 26.2. The molecule has 120 valence electrons. The molecule has 5 heteroatoms. The van der Waals surface area contributed by atoms with Crippen LogP contribution in [0.3, 0.4) is 0 Å². The van der Waals surface area contributed by atoms with Crippen molar-refractivity contribution < 1.29 is 14.7 Å². The second-order valence-corrected chi connectivity index (χ2v) is 7.28. The topological polar surface area (TPSA) is 69.6 Å². The van der Waals surface area contributed by atoms with Crippen LogP contribution < -0.4 is 5.32 Å². The maximum absolute atomic E-state index is 12.3. The van der Waals surface area contributed by atoms with Crippen molar-refractivity contribution in [2.75, 3.05) is 13.1 Å². The van der Waals surface area contributed by atoms with E-state index in [9.17, 15) is 14.7 Å². The van der Waals surface area contributed by atoms with E-state index in [4.69, 9.17) is 0 Å². The fraction of sp³-hybridized carbons (Fsp3) is 0.875. The van der Waals surface area contributed by atoms with Gasteiger partial charge < -0.3 is 15.3 Å². The number of carbonyl (C=O) groups excluding carboxylic acids is 2. The Morgan fingerprint density at radius 1 is 1.33 bits per heavy atom. The van der Waals surface area contributed by atoms with Crippen molar-refractivity contribution in [1.82, 2.24) is 10.2 Å². The molecule has 0 spiro atoms. The molecule has 2 fully saturated rings. The molecule has 0 bridgehead atoms. The number of hydrogen-bond donors (Lipinski definition) is 2. The molecule has 1 saturated carbocycles. The fourth-order valence-corrected chi connectivity index (χ4v) is 3.21. The number of nitrogens with zero attached hydrogens (tertiary/aromatic N) is 1. The van der Waals surface area contributed by atoms with Crippen LogP contribution in [0.5, 0.6) is 0 Å². The highest BCUT2D eigenvalue weighted by Crippen LogP contribution is 2.33. The second kappa shape index (κ2) is 6.34. The monoisotopic (exact) mass is 296 g/mol. The molecule has 21 heavy (non-hydrogen) atoms. The molecular formula is C16H28N2O3. The molecule has 2 amide bonds. The standard InChI is InChI=1S/C16H28N2O3/c1-11(2)9-16(3,21)10-17-14(19)13-5-4-8-18(13)15(20)12-6-7-12/h11-13,21H,4-10H2,1-3H3,(H,17,19). The lowest BCUT2D eigenvalue weighted by Gasteiger charge is -2.28. The summed E-state index contributed by atoms with van der Waals surface area (Å²) < 4.78 is 0. The Kier molecular flexibility index (Phi) is 4.91. The van der Waals surface area contributed by atoms with Crippen molar-refractivity contribution in [2.24, 2.45) is 11.8 Å². The van der Waals surface area contributed by atoms with Gasteiger partial charge in [-0.3, -0.25) is 9.59 Å². The van der Waals surface area contributed by atoms with Gasteiger partial charge in [-0.1, -0.05) is 13.8 Å². The number of aliphatic hydroxyl groups is 1. The molecule has 2 atom stereocenters. The number of amides is 2. The van der Waals surface area contributed by atoms with Crippen LogP contribution >= 0.6 is 0 Å². The first-order chi connectivity index (χ1) is 9.80. The predicted molar refractivity (Wildman–Crippen MR) is 80.5 cm³/mol. The molecule has 1 aliphatic carbocycles. The van der Waals surface area contributed by atoms with E-state index >= 15 is 0 Å². The number of hydrogen-bond acceptors (Lipinski definition) is 3. The van der Waals surface area contributed by atoms with Gasteiger partial charge in [0.25, 0.3) is 0 Å². The molecular weight excluding hydrogens is 268 g/mol. The number of likely N-dealkylation sites (tertiary alicyclic amines) is 1. The van der Waals surface area contributed by atoms with Crippen LogP contribution in [-0.4, -0.2) is 46.6 Å². The third-order valence-electron chi connectivity index (χ3n) is 4.26. The Morgan fingerprint density at radius 2 is 2.00 bits per heavy atom. The molecule has 2 unspecified atom stereocenters. The molecule has 0 aromatic heterocycles. The Labute approximate surface area is 127 Å². The lowest BCUT2D eigenvalue weighted by Crippen LogP contribution is -2.50. The summed E-state index contributed by atoms with van der Waals surface area (Å²) in [6.07, 6.45) is 4.19. The SMILES string of the molecule is CC(C)CC(C)(O)CNC(=O)C1CCCN1C(=O)C1CC1. The molecule has 0 aromatic carbocycles. The average molecular weight is 296 g/mol. The zero-order valence-electron chi connectivity index (χ0n) is 13.4. The van der Waals surface area contributed by atoms with Gasteiger partial charge in [0.1, 0.15) is 6.04 Å². The minimum absolute atomic E-state index is 0.120. The minimum atomic E-state index is -0.895. The first kappa shape index (κ1) is 16.3. The van der Waals surface area contributed by atoms with Gasteiger partial charge in [-0.05, 0) is 44.9 Å². The number of carbonyl (C=O) groups is 2. The van der Waals surface area contributed by atoms with E-state index in [1.165, 1.54) is 0 Å². The number of rotatable bonds is 6. The smallest absolute Gasteiger partial charge is 0.242 e. The van der Waals surface area contributed by atoms with E-state index in [2.05, 4.69) is 5.32 Å². The van der Waals surface area contributed by atoms with E-state index in [1.807, 2.05) is 13.8 Å². The molecule has 2 aliphatic rings. The third-order valence-corrected chi connectivity index (χ3v) is 4.26. The first-order valence-electron chi connectivity index (χ1n) is 8.11. The summed E-state index contributed by atoms with van der Waals surface area (Å²) in [7, 11) is 0. The van der Waals surface area contributed by atoms with E-state index < -0.39 is 5.60 Å². The van der Waals surface area contributed by atoms with Gasteiger partial charge in [-0.25, -0.2) is 0 Å². The summed E-state index contributed by atoms with van der Waals surface area (Å²) in [6.45, 7) is 6.77. The van der Waals surface area contributed by atoms with E-state index in [-0.39, 0.29) is 30.3 Å². The zero-order valence-corrected chi connectivity index (χ0v) is 13.4. The summed E-state index contributed by atoms with van der Waals surface area (Å²) in [6, 6.07) is -0.340. The highest BCUT2D eigenvalue weighted by Gasteiger charge is 2.41. The van der Waals surface area contributed by atoms with Crippen LogP contribution in [0.25, 0.3) is 0 Å². The van der Waals surface area contributed by atoms with Gasteiger partial charge in [-0.15, -0.1) is 0 Å². The average Bonchev–Trinajstić information content (AvgIpc) is 3.11. The molecule has 2 rings (SSSR count). The Balaban J connectivity index is 1.85. The van der Waals surface area contributed by atoms with Crippen molar-refractivity contribution in [3.05, 3.63) is 0 Å². The van der Waals surface area contributed by atoms with Crippen LogP contribution in [0.4, 0.5) is 0 Å². The molecule has 0 radical (unpaired) electrons. The molecule has 1 saturated heterocycles. The van der Waals surface area contributed by atoms with Gasteiger partial charge >= 0.3 is 0 Å². The van der Waals surface area contributed by atoms with Crippen LogP contribution in [0.1, 0.15) is 52.9 Å². The van der Waals surface area contributed by atoms with Gasteiger partial charge in [0.2, 0.25) is 11.8 Å². The van der Waals surface area contributed by atoms with Gasteiger partial charge in [0, 0.05) is 19.0 Å². The second-order valence-electron chi connectivity index (χ2n) is 7.28. The third kappa shape index (κ3) is 4.43. The lowest BCUT2D eigenvalue weighted by atomic mass is 9.94. The quantitative estimate of drug-likeness (QED) is 0.776. The van der Waals surface area contributed by atoms with Crippen LogP contribution in [-0.2, 0) is 9.59 Å². The predicted octanol–water partition coefficient (Wildman–Crippen LogP) is 1.30. The molecule has 0 aromatic rings. The highest BCUT2D eigenvalue weighted by molar-refractivity contribution is 5.90. The van der Waals surface area contributed by atoms with E-state index in [1.54, 1.807) is 11.8 Å². The molecule has 1 aliphatic heterocycles. The van der Waals surface area contributed by atoms with Crippen molar-refractivity contribution in [1.29, 1.82) is 0 Å².